The fraction of sp³-hybridized carbons (Fsp3) is 0.136. The lowest BCUT2D eigenvalue weighted by atomic mass is 9.97. The molecule has 2 aromatic heterocycles. The van der Waals surface area contributed by atoms with Gasteiger partial charge in [0.2, 0.25) is 5.90 Å². The lowest BCUT2D eigenvalue weighted by Crippen LogP contribution is -2.10. The van der Waals surface area contributed by atoms with E-state index in [0.717, 1.165) is 12.1 Å². The molecular formula is C22H16F3N3O3S2. The summed E-state index contributed by atoms with van der Waals surface area (Å²) >= 11 is 1.24. The van der Waals surface area contributed by atoms with E-state index in [4.69, 9.17) is 10.1 Å². The number of alkyl halides is 3. The third-order valence-electron chi connectivity index (χ3n) is 4.94. The fourth-order valence-electron chi connectivity index (χ4n) is 3.36. The average molecular weight is 492 g/mol. The minimum atomic E-state index is -4.59. The van der Waals surface area contributed by atoms with Crippen LogP contribution in [0.4, 0.5) is 13.2 Å². The van der Waals surface area contributed by atoms with Gasteiger partial charge in [0, 0.05) is 34.3 Å². The van der Waals surface area contributed by atoms with Crippen molar-refractivity contribution < 1.29 is 26.3 Å². The number of nitrogens with zero attached hydrogens (tertiary/aromatic N) is 2. The first-order chi connectivity index (χ1) is 15.6. The Hall–Kier alpha value is -3.31. The molecule has 0 radical (unpaired) electrons. The van der Waals surface area contributed by atoms with E-state index < -0.39 is 27.5 Å². The Bertz CT molecular complexity index is 1450. The predicted octanol–water partition coefficient (Wildman–Crippen LogP) is 5.32. The van der Waals surface area contributed by atoms with E-state index in [1.54, 1.807) is 17.5 Å². The van der Waals surface area contributed by atoms with Gasteiger partial charge >= 0.3 is 6.18 Å². The number of sulfone groups is 1. The SMILES string of the molecule is COC(=N)c1cc(C(F)(F)F)ccc1-c1nccc2cc(S(=O)(=O)Cc3nccs3)ccc12. The highest BCUT2D eigenvalue weighted by molar-refractivity contribution is 7.90. The number of aromatic nitrogens is 2. The van der Waals surface area contributed by atoms with Crippen molar-refractivity contribution in [3.8, 4) is 11.3 Å². The highest BCUT2D eigenvalue weighted by Gasteiger charge is 2.32. The second-order valence-electron chi connectivity index (χ2n) is 7.02. The maximum absolute atomic E-state index is 13.2. The molecule has 0 fully saturated rings. The van der Waals surface area contributed by atoms with E-state index in [2.05, 4.69) is 9.97 Å². The van der Waals surface area contributed by atoms with Gasteiger partial charge in [0.15, 0.2) is 9.84 Å². The van der Waals surface area contributed by atoms with Gasteiger partial charge in [-0.1, -0.05) is 12.1 Å². The third kappa shape index (κ3) is 4.60. The van der Waals surface area contributed by atoms with E-state index >= 15 is 0 Å². The van der Waals surface area contributed by atoms with Crippen LogP contribution in [0.2, 0.25) is 0 Å². The van der Waals surface area contributed by atoms with Gasteiger partial charge in [0.05, 0.1) is 23.3 Å². The molecule has 0 atom stereocenters. The maximum atomic E-state index is 13.2. The number of benzene rings is 2. The second kappa shape index (κ2) is 8.56. The van der Waals surface area contributed by atoms with Crippen molar-refractivity contribution in [1.82, 2.24) is 9.97 Å². The molecule has 6 nitrogen and oxygen atoms in total. The normalized spacial score (nSPS) is 12.1. The molecule has 0 saturated carbocycles. The molecule has 4 rings (SSSR count). The van der Waals surface area contributed by atoms with Gasteiger partial charge in [0.1, 0.15) is 10.8 Å². The first kappa shape index (κ1) is 22.9. The van der Waals surface area contributed by atoms with Gasteiger partial charge in [-0.25, -0.2) is 13.4 Å². The molecule has 1 N–H and O–H groups in total. The summed E-state index contributed by atoms with van der Waals surface area (Å²) < 4.78 is 70.2. The monoisotopic (exact) mass is 491 g/mol. The molecule has 170 valence electrons. The van der Waals surface area contributed by atoms with E-state index in [1.807, 2.05) is 0 Å². The minimum absolute atomic E-state index is 0.0761. The van der Waals surface area contributed by atoms with E-state index in [9.17, 15) is 21.6 Å². The number of hydrogen-bond acceptors (Lipinski definition) is 7. The number of ether oxygens (including phenoxy) is 1. The number of methoxy groups -OCH3 is 1. The molecule has 0 aliphatic heterocycles. The largest absolute Gasteiger partial charge is 0.481 e. The van der Waals surface area contributed by atoms with E-state index in [-0.39, 0.29) is 21.8 Å². The highest BCUT2D eigenvalue weighted by Crippen LogP contribution is 2.36. The topological polar surface area (TPSA) is 93.0 Å². The Morgan fingerprint density at radius 2 is 1.88 bits per heavy atom. The van der Waals surface area contributed by atoms with Gasteiger partial charge in [-0.3, -0.25) is 10.4 Å². The van der Waals surface area contributed by atoms with Crippen molar-refractivity contribution in [1.29, 1.82) is 5.41 Å². The zero-order valence-electron chi connectivity index (χ0n) is 17.1. The van der Waals surface area contributed by atoms with Crippen LogP contribution in [0, 0.1) is 5.41 Å². The number of halogens is 3. The number of nitrogens with one attached hydrogen (secondary N) is 1. The van der Waals surface area contributed by atoms with Crippen LogP contribution in [0.25, 0.3) is 22.0 Å². The predicted molar refractivity (Wildman–Crippen MR) is 119 cm³/mol. The summed E-state index contributed by atoms with van der Waals surface area (Å²) in [6, 6.07) is 9.10. The standard InChI is InChI=1S/C22H16F3N3O3S2/c1-31-21(26)18-11-14(22(23,24)25)2-4-17(18)20-16-5-3-15(10-13(16)6-7-28-20)33(29,30)12-19-27-8-9-32-19/h2-11,26H,12H2,1H3. The minimum Gasteiger partial charge on any atom is -0.481 e. The number of rotatable bonds is 5. The molecule has 2 aromatic carbocycles. The Kier molecular flexibility index (Phi) is 5.93. The summed E-state index contributed by atoms with van der Waals surface area (Å²) in [6.07, 6.45) is -1.62. The molecule has 0 aliphatic carbocycles. The highest BCUT2D eigenvalue weighted by atomic mass is 32.2. The van der Waals surface area contributed by atoms with Gasteiger partial charge in [-0.05, 0) is 35.7 Å². The molecule has 0 bridgehead atoms. The maximum Gasteiger partial charge on any atom is 0.416 e. The first-order valence-electron chi connectivity index (χ1n) is 9.44. The molecule has 0 amide bonds. The lowest BCUT2D eigenvalue weighted by molar-refractivity contribution is -0.137. The zero-order valence-corrected chi connectivity index (χ0v) is 18.7. The second-order valence-corrected chi connectivity index (χ2v) is 9.99. The molecule has 0 spiro atoms. The summed E-state index contributed by atoms with van der Waals surface area (Å²) in [4.78, 5) is 8.42. The van der Waals surface area contributed by atoms with Crippen LogP contribution < -0.4 is 0 Å². The van der Waals surface area contributed by atoms with Crippen molar-refractivity contribution in [2.24, 2.45) is 0 Å². The van der Waals surface area contributed by atoms with Crippen LogP contribution in [0.1, 0.15) is 16.1 Å². The summed E-state index contributed by atoms with van der Waals surface area (Å²) in [5.74, 6) is -0.681. The van der Waals surface area contributed by atoms with Crippen molar-refractivity contribution in [2.75, 3.05) is 7.11 Å². The smallest absolute Gasteiger partial charge is 0.416 e. The van der Waals surface area contributed by atoms with Crippen LogP contribution in [0.5, 0.6) is 0 Å². The Balaban J connectivity index is 1.84. The summed E-state index contributed by atoms with van der Waals surface area (Å²) in [6.45, 7) is 0. The Labute approximate surface area is 191 Å². The van der Waals surface area contributed by atoms with Crippen LogP contribution >= 0.6 is 11.3 Å². The molecule has 2 heterocycles. The Morgan fingerprint density at radius 3 is 2.55 bits per heavy atom. The number of fused-ring (bicyclic) bond motifs is 1. The van der Waals surface area contributed by atoms with Crippen molar-refractivity contribution in [3.05, 3.63) is 76.4 Å². The van der Waals surface area contributed by atoms with Gasteiger partial charge in [-0.15, -0.1) is 11.3 Å². The number of thiazole rings is 1. The fourth-order valence-corrected chi connectivity index (χ4v) is 5.65. The van der Waals surface area contributed by atoms with Crippen LogP contribution in [0.3, 0.4) is 0 Å². The van der Waals surface area contributed by atoms with Crippen molar-refractivity contribution in [2.45, 2.75) is 16.8 Å². The molecule has 33 heavy (non-hydrogen) atoms. The van der Waals surface area contributed by atoms with Gasteiger partial charge < -0.3 is 4.74 Å². The molecule has 0 unspecified atom stereocenters. The first-order valence-corrected chi connectivity index (χ1v) is 12.0. The van der Waals surface area contributed by atoms with Crippen molar-refractivity contribution >= 4 is 37.8 Å². The van der Waals surface area contributed by atoms with Crippen LogP contribution in [0.15, 0.2) is 65.1 Å². The zero-order chi connectivity index (χ0) is 23.8. The van der Waals surface area contributed by atoms with E-state index in [0.29, 0.717) is 21.5 Å². The quantitative estimate of drug-likeness (QED) is 0.301. The van der Waals surface area contributed by atoms with Gasteiger partial charge in [0.25, 0.3) is 0 Å². The van der Waals surface area contributed by atoms with Crippen LogP contribution in [-0.4, -0.2) is 31.4 Å². The average Bonchev–Trinajstić information content (AvgIpc) is 3.29. The number of hydrogen-bond donors (Lipinski definition) is 1. The number of pyridine rings is 1. The van der Waals surface area contributed by atoms with Crippen LogP contribution in [-0.2, 0) is 26.5 Å². The summed E-state index contributed by atoms with van der Waals surface area (Å²) in [5.41, 5.74) is -0.424. The molecule has 0 aliphatic rings. The summed E-state index contributed by atoms with van der Waals surface area (Å²) in [7, 11) is -2.45. The molecule has 0 saturated heterocycles. The molecule has 4 aromatic rings. The van der Waals surface area contributed by atoms with Crippen molar-refractivity contribution in [3.63, 3.8) is 0 Å². The third-order valence-corrected chi connectivity index (χ3v) is 7.53. The van der Waals surface area contributed by atoms with Gasteiger partial charge in [-0.2, -0.15) is 13.2 Å². The molecular weight excluding hydrogens is 475 g/mol. The Morgan fingerprint density at radius 1 is 1.09 bits per heavy atom. The molecule has 11 heteroatoms. The lowest BCUT2D eigenvalue weighted by Gasteiger charge is -2.15. The summed E-state index contributed by atoms with van der Waals surface area (Å²) in [5, 5.41) is 11.2. The van der Waals surface area contributed by atoms with E-state index in [1.165, 1.54) is 49.0 Å².